The number of hydrogen-bond donors (Lipinski definition) is 2. The van der Waals surface area contributed by atoms with Crippen LogP contribution in [0.3, 0.4) is 0 Å². The molecule has 10 heteroatoms. The van der Waals surface area contributed by atoms with Crippen molar-refractivity contribution in [3.63, 3.8) is 0 Å². The van der Waals surface area contributed by atoms with E-state index < -0.39 is 24.8 Å². The van der Waals surface area contributed by atoms with Crippen LogP contribution in [0.5, 0.6) is 0 Å². The molecule has 0 atom stereocenters. The monoisotopic (exact) mass is 586 g/mol. The van der Waals surface area contributed by atoms with Crippen LogP contribution in [-0.2, 0) is 71.6 Å². The molecular formula is C20H38O8Zr2+4. The van der Waals surface area contributed by atoms with Crippen molar-refractivity contribution in [1.82, 2.24) is 0 Å². The molecule has 0 heterocycles. The SMILES string of the molecule is CCCC(=O)CC(=O)[O-].CCCC(=O)CC(=O)[O-].CCCCO.CCCCO.[Zr+2].[Zr+4]. The second kappa shape index (κ2) is 39.4. The van der Waals surface area contributed by atoms with Gasteiger partial charge in [0, 0.05) is 50.8 Å². The first-order valence-corrected chi connectivity index (χ1v) is 9.81. The molecule has 0 radical (unpaired) electrons. The third-order valence-electron chi connectivity index (χ3n) is 2.76. The minimum absolute atomic E-state index is 0. The molecule has 0 fully saturated rings. The first-order valence-electron chi connectivity index (χ1n) is 9.81. The van der Waals surface area contributed by atoms with Gasteiger partial charge in [0.15, 0.2) is 0 Å². The zero-order valence-electron chi connectivity index (χ0n) is 18.8. The first kappa shape index (κ1) is 43.8. The summed E-state index contributed by atoms with van der Waals surface area (Å²) < 4.78 is 0. The van der Waals surface area contributed by atoms with Gasteiger partial charge in [-0.3, -0.25) is 9.59 Å². The van der Waals surface area contributed by atoms with Crippen LogP contribution in [0.1, 0.15) is 91.9 Å². The van der Waals surface area contributed by atoms with E-state index >= 15 is 0 Å². The molecule has 0 aromatic heterocycles. The van der Waals surface area contributed by atoms with E-state index in [1.54, 1.807) is 0 Å². The Labute approximate surface area is 219 Å². The van der Waals surface area contributed by atoms with E-state index in [1.165, 1.54) is 0 Å². The summed E-state index contributed by atoms with van der Waals surface area (Å²) in [6, 6.07) is 0. The average Bonchev–Trinajstić information content (AvgIpc) is 2.57. The number of carboxylic acids is 2. The number of carboxylic acid groups (broad SMARTS) is 2. The number of aliphatic hydroxyl groups excluding tert-OH is 2. The van der Waals surface area contributed by atoms with Crippen molar-refractivity contribution < 1.29 is 92.0 Å². The van der Waals surface area contributed by atoms with E-state index in [0.717, 1.165) is 25.7 Å². The Morgan fingerprint density at radius 3 is 1.00 bits per heavy atom. The Kier molecular flexibility index (Phi) is 57.6. The molecule has 0 aliphatic rings. The number of aliphatic carboxylic acids is 2. The molecule has 0 amide bonds. The second-order valence-electron chi connectivity index (χ2n) is 5.83. The average molecular weight is 589 g/mol. The number of carbonyl (C=O) groups is 4. The fourth-order valence-corrected chi connectivity index (χ4v) is 1.37. The number of Topliss-reactive ketones (excluding diaryl/α,β-unsaturated/α-hetero) is 2. The molecule has 30 heavy (non-hydrogen) atoms. The van der Waals surface area contributed by atoms with Crippen LogP contribution in [0, 0.1) is 0 Å². The molecule has 0 rings (SSSR count). The van der Waals surface area contributed by atoms with E-state index in [0.29, 0.717) is 38.9 Å². The number of hydrogen-bond acceptors (Lipinski definition) is 8. The van der Waals surface area contributed by atoms with Crippen LogP contribution in [-0.4, -0.2) is 46.9 Å². The van der Waals surface area contributed by atoms with E-state index in [-0.39, 0.29) is 64.0 Å². The largest absolute Gasteiger partial charge is 4.00 e. The van der Waals surface area contributed by atoms with Gasteiger partial charge in [-0.15, -0.1) is 0 Å². The van der Waals surface area contributed by atoms with E-state index in [2.05, 4.69) is 13.8 Å². The molecule has 0 aliphatic heterocycles. The normalized spacial score (nSPS) is 8.20. The van der Waals surface area contributed by atoms with Crippen LogP contribution in [0.4, 0.5) is 0 Å². The number of aliphatic hydroxyl groups is 2. The minimum atomic E-state index is -1.28. The van der Waals surface area contributed by atoms with Gasteiger partial charge in [-0.25, -0.2) is 0 Å². The van der Waals surface area contributed by atoms with Crippen molar-refractivity contribution in [2.45, 2.75) is 91.9 Å². The maximum atomic E-state index is 10.4. The van der Waals surface area contributed by atoms with Gasteiger partial charge < -0.3 is 30.0 Å². The maximum absolute atomic E-state index is 10.4. The molecule has 0 unspecified atom stereocenters. The Morgan fingerprint density at radius 2 is 0.900 bits per heavy atom. The number of ketones is 2. The summed E-state index contributed by atoms with van der Waals surface area (Å²) in [6.07, 6.45) is 5.29. The summed E-state index contributed by atoms with van der Waals surface area (Å²) in [5, 5.41) is 35.6. The van der Waals surface area contributed by atoms with Gasteiger partial charge in [-0.1, -0.05) is 40.5 Å². The summed E-state index contributed by atoms with van der Waals surface area (Å²) in [4.78, 5) is 40.4. The third-order valence-corrected chi connectivity index (χ3v) is 2.76. The van der Waals surface area contributed by atoms with Crippen molar-refractivity contribution in [1.29, 1.82) is 0 Å². The summed E-state index contributed by atoms with van der Waals surface area (Å²) in [5.74, 6) is -3.07. The summed E-state index contributed by atoms with van der Waals surface area (Å²) >= 11 is 0. The predicted octanol–water partition coefficient (Wildman–Crippen LogP) is 0.544. The molecule has 170 valence electrons. The Balaban J connectivity index is -0.0000000649. The van der Waals surface area contributed by atoms with Gasteiger partial charge in [-0.05, 0) is 25.7 Å². The molecule has 0 bridgehead atoms. The Bertz CT molecular complexity index is 351. The fourth-order valence-electron chi connectivity index (χ4n) is 1.37. The molecule has 8 nitrogen and oxygen atoms in total. The fraction of sp³-hybridized carbons (Fsp3) is 0.800. The van der Waals surface area contributed by atoms with Crippen LogP contribution < -0.4 is 10.2 Å². The van der Waals surface area contributed by atoms with E-state index in [4.69, 9.17) is 10.2 Å². The number of carbonyl (C=O) groups excluding carboxylic acids is 4. The van der Waals surface area contributed by atoms with E-state index in [1.807, 2.05) is 13.8 Å². The molecule has 0 spiro atoms. The quantitative estimate of drug-likeness (QED) is 0.313. The van der Waals surface area contributed by atoms with Gasteiger partial charge in [-0.2, -0.15) is 0 Å². The number of rotatable bonds is 12. The van der Waals surface area contributed by atoms with Crippen LogP contribution >= 0.6 is 0 Å². The minimum Gasteiger partial charge on any atom is -0.550 e. The van der Waals surface area contributed by atoms with Gasteiger partial charge in [0.25, 0.3) is 0 Å². The van der Waals surface area contributed by atoms with Crippen LogP contribution in [0.2, 0.25) is 0 Å². The number of unbranched alkanes of at least 4 members (excludes halogenated alkanes) is 2. The molecular weight excluding hydrogens is 551 g/mol. The van der Waals surface area contributed by atoms with Crippen molar-refractivity contribution in [2.24, 2.45) is 0 Å². The maximum Gasteiger partial charge on any atom is 4.00 e. The third kappa shape index (κ3) is 63.0. The molecule has 0 saturated heterocycles. The van der Waals surface area contributed by atoms with Crippen molar-refractivity contribution in [2.75, 3.05) is 13.2 Å². The van der Waals surface area contributed by atoms with Crippen molar-refractivity contribution in [3.8, 4) is 0 Å². The molecule has 0 aliphatic carbocycles. The zero-order chi connectivity index (χ0) is 22.8. The van der Waals surface area contributed by atoms with Crippen LogP contribution in [0.25, 0.3) is 0 Å². The summed E-state index contributed by atoms with van der Waals surface area (Å²) in [5.41, 5.74) is 0. The topological polar surface area (TPSA) is 155 Å². The van der Waals surface area contributed by atoms with Crippen molar-refractivity contribution >= 4 is 23.5 Å². The van der Waals surface area contributed by atoms with E-state index in [9.17, 15) is 29.4 Å². The summed E-state index contributed by atoms with van der Waals surface area (Å²) in [6.45, 7) is 8.44. The molecule has 0 saturated carbocycles. The first-order chi connectivity index (χ1) is 13.2. The second-order valence-corrected chi connectivity index (χ2v) is 5.83. The van der Waals surface area contributed by atoms with Gasteiger partial charge in [0.1, 0.15) is 11.6 Å². The van der Waals surface area contributed by atoms with Gasteiger partial charge in [0.2, 0.25) is 0 Å². The molecule has 2 N–H and O–H groups in total. The standard InChI is InChI=1S/2C6H10O3.2C4H10O.2Zr/c2*1-2-3-5(7)4-6(8)9;2*1-2-3-4-5;;/h2*2-4H2,1H3,(H,8,9);2*5H,2-4H2,1H3;;/q;;;;+2;+4/p-2. The van der Waals surface area contributed by atoms with Gasteiger partial charge >= 0.3 is 52.4 Å². The summed E-state index contributed by atoms with van der Waals surface area (Å²) in [7, 11) is 0. The zero-order valence-corrected chi connectivity index (χ0v) is 23.7. The molecule has 0 aromatic rings. The smallest absolute Gasteiger partial charge is 0.550 e. The Hall–Kier alpha value is -0.0338. The van der Waals surface area contributed by atoms with Crippen molar-refractivity contribution in [3.05, 3.63) is 0 Å². The van der Waals surface area contributed by atoms with Gasteiger partial charge in [0.05, 0.1) is 0 Å². The molecule has 0 aromatic carbocycles. The predicted molar refractivity (Wildman–Crippen MR) is 103 cm³/mol. The van der Waals surface area contributed by atoms with Crippen LogP contribution in [0.15, 0.2) is 0 Å². The Morgan fingerprint density at radius 1 is 0.633 bits per heavy atom.